The minimum absolute atomic E-state index is 0.272. The molecule has 7 nitrogen and oxygen atoms in total. The van der Waals surface area contributed by atoms with Gasteiger partial charge in [-0.15, -0.1) is 0 Å². The average molecular weight is 336 g/mol. The molecule has 1 aromatic heterocycles. The monoisotopic (exact) mass is 335 g/mol. The lowest BCUT2D eigenvalue weighted by atomic mass is 10.3. The van der Waals surface area contributed by atoms with E-state index in [1.54, 1.807) is 42.1 Å². The first-order valence-electron chi connectivity index (χ1n) is 7.05. The Labute approximate surface area is 139 Å². The molecule has 0 spiro atoms. The van der Waals surface area contributed by atoms with E-state index in [-0.39, 0.29) is 11.9 Å². The van der Waals surface area contributed by atoms with Crippen LogP contribution >= 0.6 is 11.6 Å². The third-order valence-corrected chi connectivity index (χ3v) is 3.36. The molecule has 0 saturated carbocycles. The van der Waals surface area contributed by atoms with Crippen LogP contribution in [0.2, 0.25) is 5.02 Å². The zero-order valence-electron chi connectivity index (χ0n) is 12.9. The van der Waals surface area contributed by atoms with Crippen molar-refractivity contribution in [1.82, 2.24) is 20.4 Å². The summed E-state index contributed by atoms with van der Waals surface area (Å²) in [5.41, 5.74) is 1.85. The first-order valence-corrected chi connectivity index (χ1v) is 7.43. The van der Waals surface area contributed by atoms with E-state index in [1.165, 1.54) is 0 Å². The Hall–Kier alpha value is -2.54. The van der Waals surface area contributed by atoms with Crippen molar-refractivity contribution < 1.29 is 9.59 Å². The lowest BCUT2D eigenvalue weighted by molar-refractivity contribution is 0.0948. The van der Waals surface area contributed by atoms with Crippen molar-refractivity contribution in [3.8, 4) is 0 Å². The van der Waals surface area contributed by atoms with Gasteiger partial charge in [-0.25, -0.2) is 4.79 Å². The minimum atomic E-state index is -0.366. The van der Waals surface area contributed by atoms with Crippen LogP contribution in [-0.4, -0.2) is 34.8 Å². The van der Waals surface area contributed by atoms with Gasteiger partial charge in [-0.05, 0) is 31.2 Å². The Kier molecular flexibility index (Phi) is 5.59. The minimum Gasteiger partial charge on any atom is -0.349 e. The molecule has 0 bridgehead atoms. The third-order valence-electron chi connectivity index (χ3n) is 3.13. The summed E-state index contributed by atoms with van der Waals surface area (Å²) in [5, 5.41) is 12.6. The van der Waals surface area contributed by atoms with Crippen molar-refractivity contribution in [2.24, 2.45) is 7.05 Å². The molecule has 0 aliphatic heterocycles. The van der Waals surface area contributed by atoms with E-state index < -0.39 is 0 Å². The molecule has 0 aliphatic carbocycles. The van der Waals surface area contributed by atoms with Gasteiger partial charge >= 0.3 is 6.03 Å². The molecular weight excluding hydrogens is 318 g/mol. The quantitative estimate of drug-likeness (QED) is 0.729. The summed E-state index contributed by atoms with van der Waals surface area (Å²) >= 11 is 5.83. The highest BCUT2D eigenvalue weighted by molar-refractivity contribution is 6.30. The maximum absolute atomic E-state index is 11.9. The Morgan fingerprint density at radius 1 is 1.22 bits per heavy atom. The van der Waals surface area contributed by atoms with Crippen LogP contribution in [0.4, 0.5) is 10.5 Å². The van der Waals surface area contributed by atoms with Gasteiger partial charge in [0.05, 0.1) is 0 Å². The van der Waals surface area contributed by atoms with Gasteiger partial charge < -0.3 is 16.0 Å². The molecule has 0 atom stereocenters. The SMILES string of the molecule is Cc1cc(C(=O)NCCNC(=O)Nc2cccc(Cl)c2)nn1C. The van der Waals surface area contributed by atoms with E-state index in [4.69, 9.17) is 11.6 Å². The Morgan fingerprint density at radius 2 is 1.96 bits per heavy atom. The summed E-state index contributed by atoms with van der Waals surface area (Å²) in [7, 11) is 1.77. The number of hydrogen-bond acceptors (Lipinski definition) is 3. The number of anilines is 1. The van der Waals surface area contributed by atoms with Gasteiger partial charge in [0, 0.05) is 36.5 Å². The molecule has 0 radical (unpaired) electrons. The lowest BCUT2D eigenvalue weighted by Crippen LogP contribution is -2.36. The fourth-order valence-corrected chi connectivity index (χ4v) is 2.05. The molecule has 0 saturated heterocycles. The number of carbonyl (C=O) groups excluding carboxylic acids is 2. The number of halogens is 1. The van der Waals surface area contributed by atoms with E-state index in [1.807, 2.05) is 6.92 Å². The number of aryl methyl sites for hydroxylation is 2. The van der Waals surface area contributed by atoms with Crippen LogP contribution in [0.15, 0.2) is 30.3 Å². The molecule has 122 valence electrons. The molecule has 1 heterocycles. The van der Waals surface area contributed by atoms with Crippen LogP contribution in [0, 0.1) is 6.92 Å². The smallest absolute Gasteiger partial charge is 0.319 e. The fraction of sp³-hybridized carbons (Fsp3) is 0.267. The summed E-state index contributed by atoms with van der Waals surface area (Å²) < 4.78 is 1.63. The maximum atomic E-state index is 11.9. The second kappa shape index (κ2) is 7.64. The van der Waals surface area contributed by atoms with E-state index in [0.29, 0.717) is 29.5 Å². The highest BCUT2D eigenvalue weighted by Gasteiger charge is 2.10. The fourth-order valence-electron chi connectivity index (χ4n) is 1.86. The van der Waals surface area contributed by atoms with Gasteiger partial charge in [-0.2, -0.15) is 5.10 Å². The normalized spacial score (nSPS) is 10.2. The summed E-state index contributed by atoms with van der Waals surface area (Å²) in [6.45, 7) is 2.47. The van der Waals surface area contributed by atoms with Crippen molar-refractivity contribution in [2.75, 3.05) is 18.4 Å². The standard InChI is InChI=1S/C15H18ClN5O2/c1-10-8-13(20-21(10)2)14(22)17-6-7-18-15(23)19-12-5-3-4-11(16)9-12/h3-5,8-9H,6-7H2,1-2H3,(H,17,22)(H2,18,19,23). The topological polar surface area (TPSA) is 88.1 Å². The van der Waals surface area contributed by atoms with Crippen molar-refractivity contribution in [1.29, 1.82) is 0 Å². The Balaban J connectivity index is 1.70. The molecule has 0 unspecified atom stereocenters. The molecule has 0 fully saturated rings. The van der Waals surface area contributed by atoms with Crippen molar-refractivity contribution in [3.05, 3.63) is 46.7 Å². The molecule has 0 aliphatic rings. The first kappa shape index (κ1) is 16.8. The van der Waals surface area contributed by atoms with Crippen LogP contribution < -0.4 is 16.0 Å². The summed E-state index contributed by atoms with van der Waals surface area (Å²) in [6, 6.07) is 8.18. The Bertz CT molecular complexity index is 694. The summed E-state index contributed by atoms with van der Waals surface area (Å²) in [4.78, 5) is 23.5. The number of nitrogens with zero attached hydrogens (tertiary/aromatic N) is 2. The molecule has 3 amide bonds. The van der Waals surface area contributed by atoms with Gasteiger partial charge in [0.25, 0.3) is 5.91 Å². The van der Waals surface area contributed by atoms with Gasteiger partial charge in [-0.1, -0.05) is 17.7 Å². The second-order valence-corrected chi connectivity index (χ2v) is 5.38. The molecule has 23 heavy (non-hydrogen) atoms. The number of aromatic nitrogens is 2. The molecular formula is C15H18ClN5O2. The van der Waals surface area contributed by atoms with Crippen molar-refractivity contribution in [3.63, 3.8) is 0 Å². The molecule has 3 N–H and O–H groups in total. The number of carbonyl (C=O) groups is 2. The van der Waals surface area contributed by atoms with Crippen molar-refractivity contribution >= 4 is 29.2 Å². The number of urea groups is 1. The molecule has 1 aromatic carbocycles. The van der Waals surface area contributed by atoms with Gasteiger partial charge in [0.2, 0.25) is 0 Å². The number of hydrogen-bond donors (Lipinski definition) is 3. The second-order valence-electron chi connectivity index (χ2n) is 4.94. The molecule has 2 aromatic rings. The molecule has 2 rings (SSSR count). The molecule has 8 heteroatoms. The maximum Gasteiger partial charge on any atom is 0.319 e. The number of amides is 3. The zero-order valence-corrected chi connectivity index (χ0v) is 13.6. The average Bonchev–Trinajstić information content (AvgIpc) is 2.83. The largest absolute Gasteiger partial charge is 0.349 e. The van der Waals surface area contributed by atoms with E-state index >= 15 is 0 Å². The number of nitrogens with one attached hydrogen (secondary N) is 3. The third kappa shape index (κ3) is 5.00. The number of benzene rings is 1. The zero-order chi connectivity index (χ0) is 16.8. The number of rotatable bonds is 5. The van der Waals surface area contributed by atoms with Gasteiger partial charge in [-0.3, -0.25) is 9.48 Å². The summed E-state index contributed by atoms with van der Waals surface area (Å²) in [5.74, 6) is -0.272. The van der Waals surface area contributed by atoms with Crippen LogP contribution in [-0.2, 0) is 7.05 Å². The van der Waals surface area contributed by atoms with Crippen LogP contribution in [0.3, 0.4) is 0 Å². The predicted molar refractivity (Wildman–Crippen MR) is 88.8 cm³/mol. The van der Waals surface area contributed by atoms with Gasteiger partial charge in [0.1, 0.15) is 5.69 Å². The van der Waals surface area contributed by atoms with E-state index in [2.05, 4.69) is 21.0 Å². The first-order chi connectivity index (χ1) is 11.0. The van der Waals surface area contributed by atoms with Crippen LogP contribution in [0.5, 0.6) is 0 Å². The highest BCUT2D eigenvalue weighted by atomic mass is 35.5. The van der Waals surface area contributed by atoms with Gasteiger partial charge in [0.15, 0.2) is 0 Å². The van der Waals surface area contributed by atoms with Crippen LogP contribution in [0.1, 0.15) is 16.2 Å². The van der Waals surface area contributed by atoms with E-state index in [9.17, 15) is 9.59 Å². The highest BCUT2D eigenvalue weighted by Crippen LogP contribution is 2.14. The Morgan fingerprint density at radius 3 is 2.61 bits per heavy atom. The predicted octanol–water partition coefficient (Wildman–Crippen LogP) is 1.93. The lowest BCUT2D eigenvalue weighted by Gasteiger charge is -2.08. The van der Waals surface area contributed by atoms with Crippen LogP contribution in [0.25, 0.3) is 0 Å². The van der Waals surface area contributed by atoms with E-state index in [0.717, 1.165) is 5.69 Å². The summed E-state index contributed by atoms with van der Waals surface area (Å²) in [6.07, 6.45) is 0. The van der Waals surface area contributed by atoms with Crippen molar-refractivity contribution in [2.45, 2.75) is 6.92 Å².